The lowest BCUT2D eigenvalue weighted by atomic mass is 9.93. The molecular formula is C26H31FN4O4. The topological polar surface area (TPSA) is 96.7 Å². The summed E-state index contributed by atoms with van der Waals surface area (Å²) in [4.78, 5) is 32.1. The number of methoxy groups -OCH3 is 1. The standard InChI is InChI=1S/C26H31FN4O4/c1-5-17-12-30(15-26(2,3)14-28-17)18-7-9-21-19(11-18)25(34)31(13-23(32)33)24(29-21)16-6-8-20(27)22(10-16)35-4/h6-11,17,28H,5,12-15H2,1-4H3,(H,32,33). The number of carboxylic acid groups (broad SMARTS) is 1. The zero-order valence-electron chi connectivity index (χ0n) is 20.5. The van der Waals surface area contributed by atoms with Gasteiger partial charge in [-0.25, -0.2) is 9.37 Å². The highest BCUT2D eigenvalue weighted by Gasteiger charge is 2.29. The van der Waals surface area contributed by atoms with Crippen molar-refractivity contribution in [1.82, 2.24) is 14.9 Å². The number of carboxylic acids is 1. The van der Waals surface area contributed by atoms with Gasteiger partial charge in [-0.05, 0) is 48.2 Å². The molecule has 0 amide bonds. The number of ether oxygens (including phenoxy) is 1. The maximum absolute atomic E-state index is 14.0. The molecule has 0 radical (unpaired) electrons. The number of aromatic nitrogens is 2. The Morgan fingerprint density at radius 2 is 2.06 bits per heavy atom. The Kier molecular flexibility index (Phi) is 6.80. The summed E-state index contributed by atoms with van der Waals surface area (Å²) >= 11 is 0. The van der Waals surface area contributed by atoms with Crippen LogP contribution in [0.4, 0.5) is 10.1 Å². The average molecular weight is 483 g/mol. The van der Waals surface area contributed by atoms with Gasteiger partial charge in [-0.2, -0.15) is 0 Å². The van der Waals surface area contributed by atoms with Crippen LogP contribution in [0.5, 0.6) is 5.75 Å². The summed E-state index contributed by atoms with van der Waals surface area (Å²) in [6.45, 7) is 8.50. The summed E-state index contributed by atoms with van der Waals surface area (Å²) in [6.07, 6.45) is 0.984. The van der Waals surface area contributed by atoms with Crippen molar-refractivity contribution in [3.8, 4) is 17.1 Å². The van der Waals surface area contributed by atoms with Gasteiger partial charge in [-0.15, -0.1) is 0 Å². The summed E-state index contributed by atoms with van der Waals surface area (Å²) in [5.41, 5.74) is 1.30. The highest BCUT2D eigenvalue weighted by atomic mass is 19.1. The Labute approximate surface area is 203 Å². The van der Waals surface area contributed by atoms with Gasteiger partial charge in [0.05, 0.1) is 18.0 Å². The first-order chi connectivity index (χ1) is 16.6. The summed E-state index contributed by atoms with van der Waals surface area (Å²) < 4.78 is 20.1. The van der Waals surface area contributed by atoms with Crippen LogP contribution in [0.3, 0.4) is 0 Å². The number of nitrogens with one attached hydrogen (secondary N) is 1. The van der Waals surface area contributed by atoms with Crippen LogP contribution in [-0.4, -0.2) is 53.4 Å². The summed E-state index contributed by atoms with van der Waals surface area (Å²) in [5.74, 6) is -1.61. The molecule has 2 N–H and O–H groups in total. The van der Waals surface area contributed by atoms with E-state index >= 15 is 0 Å². The van der Waals surface area contributed by atoms with E-state index < -0.39 is 23.9 Å². The lowest BCUT2D eigenvalue weighted by molar-refractivity contribution is -0.137. The molecule has 1 saturated heterocycles. The Hall–Kier alpha value is -3.46. The molecule has 2 heterocycles. The summed E-state index contributed by atoms with van der Waals surface area (Å²) in [5, 5.41) is 13.5. The van der Waals surface area contributed by atoms with E-state index in [1.54, 1.807) is 12.1 Å². The molecule has 1 fully saturated rings. The van der Waals surface area contributed by atoms with Crippen molar-refractivity contribution in [2.45, 2.75) is 39.8 Å². The first-order valence-electron chi connectivity index (χ1n) is 11.7. The fourth-order valence-electron chi connectivity index (χ4n) is 4.57. The minimum atomic E-state index is -1.18. The molecule has 2 aromatic carbocycles. The second-order valence-corrected chi connectivity index (χ2v) is 9.80. The first-order valence-corrected chi connectivity index (χ1v) is 11.7. The van der Waals surface area contributed by atoms with Gasteiger partial charge in [0.25, 0.3) is 5.56 Å². The number of rotatable bonds is 6. The summed E-state index contributed by atoms with van der Waals surface area (Å²) in [7, 11) is 1.34. The van der Waals surface area contributed by atoms with Crippen LogP contribution in [0, 0.1) is 11.2 Å². The van der Waals surface area contributed by atoms with Crippen LogP contribution in [0.1, 0.15) is 27.2 Å². The quantitative estimate of drug-likeness (QED) is 0.555. The third kappa shape index (κ3) is 5.14. The van der Waals surface area contributed by atoms with Crippen LogP contribution in [0.25, 0.3) is 22.3 Å². The molecule has 0 aliphatic carbocycles. The monoisotopic (exact) mass is 482 g/mol. The molecule has 0 bridgehead atoms. The van der Waals surface area contributed by atoms with Crippen molar-refractivity contribution in [3.63, 3.8) is 0 Å². The van der Waals surface area contributed by atoms with Gasteiger partial charge in [0, 0.05) is 36.9 Å². The molecule has 1 aromatic heterocycles. The van der Waals surface area contributed by atoms with E-state index in [2.05, 4.69) is 36.0 Å². The van der Waals surface area contributed by atoms with Crippen molar-refractivity contribution in [3.05, 3.63) is 52.6 Å². The number of benzene rings is 2. The highest BCUT2D eigenvalue weighted by molar-refractivity contribution is 5.84. The maximum Gasteiger partial charge on any atom is 0.323 e. The van der Waals surface area contributed by atoms with Crippen LogP contribution < -0.4 is 20.5 Å². The maximum atomic E-state index is 14.0. The van der Waals surface area contributed by atoms with Crippen molar-refractivity contribution in [2.75, 3.05) is 31.6 Å². The molecular weight excluding hydrogens is 451 g/mol. The molecule has 186 valence electrons. The normalized spacial score (nSPS) is 17.9. The van der Waals surface area contributed by atoms with Crippen molar-refractivity contribution >= 4 is 22.6 Å². The first kappa shape index (κ1) is 24.7. The third-order valence-electron chi connectivity index (χ3n) is 6.43. The van der Waals surface area contributed by atoms with Gasteiger partial charge in [0.1, 0.15) is 12.4 Å². The Morgan fingerprint density at radius 3 is 2.74 bits per heavy atom. The van der Waals surface area contributed by atoms with Gasteiger partial charge in [-0.1, -0.05) is 20.8 Å². The second kappa shape index (κ2) is 9.65. The number of halogens is 1. The van der Waals surface area contributed by atoms with Crippen molar-refractivity contribution in [2.24, 2.45) is 5.41 Å². The van der Waals surface area contributed by atoms with Crippen LogP contribution >= 0.6 is 0 Å². The molecule has 1 aliphatic heterocycles. The predicted octanol–water partition coefficient (Wildman–Crippen LogP) is 3.51. The van der Waals surface area contributed by atoms with Crippen molar-refractivity contribution < 1.29 is 19.0 Å². The fourth-order valence-corrected chi connectivity index (χ4v) is 4.57. The molecule has 9 heteroatoms. The minimum Gasteiger partial charge on any atom is -0.494 e. The molecule has 1 atom stereocenters. The zero-order chi connectivity index (χ0) is 25.3. The molecule has 35 heavy (non-hydrogen) atoms. The number of hydrogen-bond acceptors (Lipinski definition) is 6. The summed E-state index contributed by atoms with van der Waals surface area (Å²) in [6, 6.07) is 9.92. The second-order valence-electron chi connectivity index (χ2n) is 9.80. The highest BCUT2D eigenvalue weighted by Crippen LogP contribution is 2.29. The van der Waals surface area contributed by atoms with Crippen molar-refractivity contribution in [1.29, 1.82) is 0 Å². The van der Waals surface area contributed by atoms with E-state index in [4.69, 9.17) is 4.74 Å². The number of hydrogen-bond donors (Lipinski definition) is 2. The van der Waals surface area contributed by atoms with E-state index in [1.807, 2.05) is 6.07 Å². The number of carbonyl (C=O) groups is 1. The van der Waals surface area contributed by atoms with Gasteiger partial charge in [0.15, 0.2) is 11.6 Å². The third-order valence-corrected chi connectivity index (χ3v) is 6.43. The van der Waals surface area contributed by atoms with Gasteiger partial charge in [-0.3, -0.25) is 14.2 Å². The molecule has 4 rings (SSSR count). The van der Waals surface area contributed by atoms with E-state index in [0.717, 1.165) is 36.3 Å². The number of fused-ring (bicyclic) bond motifs is 1. The molecule has 0 saturated carbocycles. The smallest absolute Gasteiger partial charge is 0.323 e. The average Bonchev–Trinajstić information content (AvgIpc) is 2.98. The predicted molar refractivity (Wildman–Crippen MR) is 134 cm³/mol. The van der Waals surface area contributed by atoms with E-state index in [9.17, 15) is 19.1 Å². The van der Waals surface area contributed by atoms with E-state index in [1.165, 1.54) is 25.3 Å². The minimum absolute atomic E-state index is 0.0167. The Bertz CT molecular complexity index is 1320. The van der Waals surface area contributed by atoms with E-state index in [-0.39, 0.29) is 17.0 Å². The van der Waals surface area contributed by atoms with Crippen LogP contribution in [0.2, 0.25) is 0 Å². The molecule has 0 spiro atoms. The van der Waals surface area contributed by atoms with Gasteiger partial charge < -0.3 is 20.1 Å². The number of nitrogens with zero attached hydrogens (tertiary/aromatic N) is 3. The van der Waals surface area contributed by atoms with Gasteiger partial charge in [0.2, 0.25) is 0 Å². The van der Waals surface area contributed by atoms with Crippen LogP contribution in [-0.2, 0) is 11.3 Å². The molecule has 3 aromatic rings. The largest absolute Gasteiger partial charge is 0.494 e. The molecule has 1 aliphatic rings. The fraction of sp³-hybridized carbons (Fsp3) is 0.423. The lowest BCUT2D eigenvalue weighted by Crippen LogP contribution is -2.37. The number of anilines is 1. The number of aliphatic carboxylic acids is 1. The lowest BCUT2D eigenvalue weighted by Gasteiger charge is -2.31. The Balaban J connectivity index is 1.86. The van der Waals surface area contributed by atoms with Crippen LogP contribution in [0.15, 0.2) is 41.2 Å². The zero-order valence-corrected chi connectivity index (χ0v) is 20.5. The van der Waals surface area contributed by atoms with E-state index in [0.29, 0.717) is 22.5 Å². The molecule has 1 unspecified atom stereocenters. The Morgan fingerprint density at radius 1 is 1.29 bits per heavy atom. The SMILES string of the molecule is CCC1CN(c2ccc3nc(-c4ccc(F)c(OC)c4)n(CC(=O)O)c(=O)c3c2)CC(C)(C)CN1. The molecule has 8 nitrogen and oxygen atoms in total. The van der Waals surface area contributed by atoms with Gasteiger partial charge >= 0.3 is 5.97 Å².